The SMILES string of the molecule is CNCC1CCCCN1S(=O)(=O)N(C)CC1CCCN1C. The number of likely N-dealkylation sites (tertiary alicyclic amines) is 1. The van der Waals surface area contributed by atoms with Gasteiger partial charge in [0.15, 0.2) is 0 Å². The van der Waals surface area contributed by atoms with Gasteiger partial charge in [0.25, 0.3) is 10.2 Å². The second-order valence-corrected chi connectivity index (χ2v) is 8.37. The van der Waals surface area contributed by atoms with Crippen molar-refractivity contribution in [2.24, 2.45) is 0 Å². The lowest BCUT2D eigenvalue weighted by atomic mass is 10.1. The lowest BCUT2D eigenvalue weighted by molar-refractivity contribution is 0.219. The minimum atomic E-state index is -3.34. The molecular weight excluding hydrogens is 288 g/mol. The molecule has 0 bridgehead atoms. The normalized spacial score (nSPS) is 29.3. The van der Waals surface area contributed by atoms with Crippen LogP contribution in [0.4, 0.5) is 0 Å². The first kappa shape index (κ1) is 17.1. The highest BCUT2D eigenvalue weighted by atomic mass is 32.2. The van der Waals surface area contributed by atoms with Crippen LogP contribution in [0.5, 0.6) is 0 Å². The van der Waals surface area contributed by atoms with E-state index in [4.69, 9.17) is 0 Å². The maximum Gasteiger partial charge on any atom is 0.282 e. The molecule has 0 amide bonds. The molecule has 2 saturated heterocycles. The molecular formula is C14H30N4O2S. The van der Waals surface area contributed by atoms with Crippen LogP contribution in [-0.2, 0) is 10.2 Å². The first-order valence-corrected chi connectivity index (χ1v) is 9.44. The van der Waals surface area contributed by atoms with Crippen molar-refractivity contribution < 1.29 is 8.42 Å². The van der Waals surface area contributed by atoms with Gasteiger partial charge >= 0.3 is 0 Å². The fraction of sp³-hybridized carbons (Fsp3) is 1.00. The number of nitrogens with one attached hydrogen (secondary N) is 1. The van der Waals surface area contributed by atoms with E-state index in [0.29, 0.717) is 19.1 Å². The predicted octanol–water partition coefficient (Wildman–Crippen LogP) is 0.331. The number of hydrogen-bond donors (Lipinski definition) is 1. The molecule has 21 heavy (non-hydrogen) atoms. The van der Waals surface area contributed by atoms with Crippen LogP contribution in [0, 0.1) is 0 Å². The van der Waals surface area contributed by atoms with Gasteiger partial charge in [-0.2, -0.15) is 17.0 Å². The lowest BCUT2D eigenvalue weighted by Gasteiger charge is -2.38. The standard InChI is InChI=1S/C14H30N4O2S/c1-15-11-13-7-4-5-10-18(13)21(19,20)17(3)12-14-8-6-9-16(14)2/h13-15H,4-12H2,1-3H3. The van der Waals surface area contributed by atoms with Gasteiger partial charge in [0.2, 0.25) is 0 Å². The zero-order valence-electron chi connectivity index (χ0n) is 13.6. The Morgan fingerprint density at radius 2 is 1.86 bits per heavy atom. The molecule has 6 nitrogen and oxygen atoms in total. The summed E-state index contributed by atoms with van der Waals surface area (Å²) in [6.45, 7) is 3.06. The van der Waals surface area contributed by atoms with E-state index in [9.17, 15) is 8.42 Å². The average Bonchev–Trinajstić information content (AvgIpc) is 2.85. The van der Waals surface area contributed by atoms with Gasteiger partial charge in [-0.3, -0.25) is 0 Å². The van der Waals surface area contributed by atoms with E-state index in [1.54, 1.807) is 15.7 Å². The number of rotatable bonds is 6. The number of hydrogen-bond acceptors (Lipinski definition) is 4. The second-order valence-electron chi connectivity index (χ2n) is 6.38. The van der Waals surface area contributed by atoms with Crippen molar-refractivity contribution >= 4 is 10.2 Å². The van der Waals surface area contributed by atoms with Gasteiger partial charge in [0.1, 0.15) is 0 Å². The average molecular weight is 318 g/mol. The van der Waals surface area contributed by atoms with Gasteiger partial charge in [0, 0.05) is 38.8 Å². The number of nitrogens with zero attached hydrogens (tertiary/aromatic N) is 3. The van der Waals surface area contributed by atoms with Gasteiger partial charge in [-0.25, -0.2) is 0 Å². The van der Waals surface area contributed by atoms with E-state index < -0.39 is 10.2 Å². The van der Waals surface area contributed by atoms with Crippen molar-refractivity contribution in [2.45, 2.75) is 44.2 Å². The molecule has 0 aromatic rings. The van der Waals surface area contributed by atoms with Crippen LogP contribution in [0.25, 0.3) is 0 Å². The van der Waals surface area contributed by atoms with Crippen molar-refractivity contribution in [2.75, 3.05) is 47.3 Å². The molecule has 2 heterocycles. The molecule has 0 aromatic heterocycles. The Morgan fingerprint density at radius 3 is 2.48 bits per heavy atom. The van der Waals surface area contributed by atoms with Crippen molar-refractivity contribution in [3.05, 3.63) is 0 Å². The third kappa shape index (κ3) is 3.96. The van der Waals surface area contributed by atoms with Crippen LogP contribution in [0.3, 0.4) is 0 Å². The first-order valence-electron chi connectivity index (χ1n) is 8.04. The summed E-state index contributed by atoms with van der Waals surface area (Å²) in [5.41, 5.74) is 0. The van der Waals surface area contributed by atoms with Crippen LogP contribution < -0.4 is 5.32 Å². The van der Waals surface area contributed by atoms with Gasteiger partial charge < -0.3 is 10.2 Å². The molecule has 0 radical (unpaired) electrons. The van der Waals surface area contributed by atoms with E-state index in [2.05, 4.69) is 17.3 Å². The molecule has 2 atom stereocenters. The van der Waals surface area contributed by atoms with Crippen LogP contribution >= 0.6 is 0 Å². The maximum atomic E-state index is 12.9. The van der Waals surface area contributed by atoms with E-state index in [-0.39, 0.29) is 6.04 Å². The molecule has 1 N–H and O–H groups in total. The Balaban J connectivity index is 2.04. The van der Waals surface area contributed by atoms with Crippen molar-refractivity contribution in [3.8, 4) is 0 Å². The van der Waals surface area contributed by atoms with Crippen molar-refractivity contribution in [1.82, 2.24) is 18.8 Å². The summed E-state index contributed by atoms with van der Waals surface area (Å²) in [7, 11) is 2.36. The quantitative estimate of drug-likeness (QED) is 0.767. The molecule has 0 aromatic carbocycles. The lowest BCUT2D eigenvalue weighted by Crippen LogP contribution is -2.54. The Labute approximate surface area is 129 Å². The largest absolute Gasteiger partial charge is 0.318 e. The highest BCUT2D eigenvalue weighted by molar-refractivity contribution is 7.86. The Bertz CT molecular complexity index is 427. The van der Waals surface area contributed by atoms with Crippen molar-refractivity contribution in [3.63, 3.8) is 0 Å². The van der Waals surface area contributed by atoms with E-state index >= 15 is 0 Å². The van der Waals surface area contributed by atoms with Crippen LogP contribution in [0.1, 0.15) is 32.1 Å². The third-order valence-corrected chi connectivity index (χ3v) is 6.85. The Hall–Kier alpha value is -0.210. The van der Waals surface area contributed by atoms with Crippen LogP contribution in [-0.4, -0.2) is 81.3 Å². The molecule has 2 fully saturated rings. The summed E-state index contributed by atoms with van der Waals surface area (Å²) < 4.78 is 29.0. The molecule has 0 saturated carbocycles. The minimum absolute atomic E-state index is 0.0949. The van der Waals surface area contributed by atoms with Crippen LogP contribution in [0.2, 0.25) is 0 Å². The fourth-order valence-electron chi connectivity index (χ4n) is 3.50. The second kappa shape index (κ2) is 7.37. The predicted molar refractivity (Wildman–Crippen MR) is 85.5 cm³/mol. The highest BCUT2D eigenvalue weighted by Crippen LogP contribution is 2.23. The Morgan fingerprint density at radius 1 is 1.14 bits per heavy atom. The zero-order valence-corrected chi connectivity index (χ0v) is 14.4. The van der Waals surface area contributed by atoms with Gasteiger partial charge in [0.05, 0.1) is 0 Å². The first-order chi connectivity index (χ1) is 9.96. The zero-order chi connectivity index (χ0) is 15.5. The van der Waals surface area contributed by atoms with E-state index in [1.165, 1.54) is 6.42 Å². The molecule has 0 spiro atoms. The molecule has 124 valence electrons. The van der Waals surface area contributed by atoms with Crippen molar-refractivity contribution in [1.29, 1.82) is 0 Å². The fourth-order valence-corrected chi connectivity index (χ4v) is 5.13. The number of likely N-dealkylation sites (N-methyl/N-ethyl adjacent to an activating group) is 3. The van der Waals surface area contributed by atoms with Gasteiger partial charge in [-0.05, 0) is 46.3 Å². The topological polar surface area (TPSA) is 55.9 Å². The summed E-state index contributed by atoms with van der Waals surface area (Å²) in [5, 5.41) is 3.13. The molecule has 2 unspecified atom stereocenters. The van der Waals surface area contributed by atoms with Gasteiger partial charge in [-0.1, -0.05) is 6.42 Å². The van der Waals surface area contributed by atoms with E-state index in [0.717, 1.165) is 38.8 Å². The molecule has 0 aliphatic carbocycles. The smallest absolute Gasteiger partial charge is 0.282 e. The van der Waals surface area contributed by atoms with E-state index in [1.807, 2.05) is 7.05 Å². The summed E-state index contributed by atoms with van der Waals surface area (Å²) in [4.78, 5) is 2.27. The Kier molecular flexibility index (Phi) is 6.02. The molecule has 7 heteroatoms. The summed E-state index contributed by atoms with van der Waals surface area (Å²) in [5.74, 6) is 0. The molecule has 2 aliphatic heterocycles. The third-order valence-electron chi connectivity index (χ3n) is 4.84. The highest BCUT2D eigenvalue weighted by Gasteiger charge is 2.36. The summed E-state index contributed by atoms with van der Waals surface area (Å²) in [6.07, 6.45) is 5.30. The summed E-state index contributed by atoms with van der Waals surface area (Å²) in [6, 6.07) is 0.454. The maximum absolute atomic E-state index is 12.9. The number of piperidine rings is 1. The molecule has 2 rings (SSSR count). The van der Waals surface area contributed by atoms with Crippen LogP contribution in [0.15, 0.2) is 0 Å². The molecule has 2 aliphatic rings. The van der Waals surface area contributed by atoms with Gasteiger partial charge in [-0.15, -0.1) is 0 Å². The summed E-state index contributed by atoms with van der Waals surface area (Å²) >= 11 is 0. The monoisotopic (exact) mass is 318 g/mol. The minimum Gasteiger partial charge on any atom is -0.318 e.